The molecule has 1 atom stereocenters. The van der Waals surface area contributed by atoms with Crippen molar-refractivity contribution in [3.63, 3.8) is 0 Å². The molecule has 2 aromatic carbocycles. The fourth-order valence-electron chi connectivity index (χ4n) is 2.77. The highest BCUT2D eigenvalue weighted by Crippen LogP contribution is 2.27. The first kappa shape index (κ1) is 19.8. The van der Waals surface area contributed by atoms with E-state index in [1.54, 1.807) is 10.9 Å². The topological polar surface area (TPSA) is 76.9 Å². The number of thioether (sulfide) groups is 1. The van der Waals surface area contributed by atoms with Gasteiger partial charge in [0.1, 0.15) is 6.33 Å². The highest BCUT2D eigenvalue weighted by Gasteiger charge is 2.20. The van der Waals surface area contributed by atoms with Crippen LogP contribution in [-0.2, 0) is 11.2 Å². The zero-order valence-electron chi connectivity index (χ0n) is 16.0. The molecule has 0 saturated heterocycles. The first-order valence-electron chi connectivity index (χ1n) is 9.05. The van der Waals surface area contributed by atoms with Gasteiger partial charge in [-0.25, -0.2) is 0 Å². The molecule has 1 unspecified atom stereocenters. The van der Waals surface area contributed by atoms with E-state index in [1.165, 1.54) is 24.2 Å². The monoisotopic (exact) mass is 394 g/mol. The van der Waals surface area contributed by atoms with Crippen molar-refractivity contribution in [1.82, 2.24) is 14.8 Å². The number of rotatable bonds is 7. The molecule has 1 aromatic heterocycles. The van der Waals surface area contributed by atoms with Crippen molar-refractivity contribution >= 4 is 29.1 Å². The molecule has 1 amide bonds. The third kappa shape index (κ3) is 4.67. The van der Waals surface area contributed by atoms with Gasteiger partial charge in [-0.3, -0.25) is 14.2 Å². The van der Waals surface area contributed by atoms with Crippen LogP contribution in [-0.4, -0.2) is 31.7 Å². The van der Waals surface area contributed by atoms with Crippen LogP contribution in [0.25, 0.3) is 5.69 Å². The molecule has 3 rings (SSSR count). The summed E-state index contributed by atoms with van der Waals surface area (Å²) in [5.74, 6) is -0.0852. The fourth-order valence-corrected chi connectivity index (χ4v) is 3.69. The molecule has 0 saturated carbocycles. The minimum Gasteiger partial charge on any atom is -0.326 e. The number of aromatic nitrogens is 3. The molecule has 0 aliphatic carbocycles. The lowest BCUT2D eigenvalue weighted by Gasteiger charge is -2.12. The first-order valence-corrected chi connectivity index (χ1v) is 9.93. The fraction of sp³-hybridized carbons (Fsp3) is 0.238. The molecular weight excluding hydrogens is 372 g/mol. The molecule has 6 nitrogen and oxygen atoms in total. The molecule has 0 aliphatic heterocycles. The van der Waals surface area contributed by atoms with Crippen molar-refractivity contribution in [2.45, 2.75) is 37.6 Å². The van der Waals surface area contributed by atoms with E-state index in [1.807, 2.05) is 55.5 Å². The second kappa shape index (κ2) is 8.84. The van der Waals surface area contributed by atoms with E-state index in [9.17, 15) is 9.59 Å². The normalized spacial score (nSPS) is 11.8. The molecule has 3 aromatic rings. The number of nitrogens with one attached hydrogen (secondary N) is 1. The summed E-state index contributed by atoms with van der Waals surface area (Å²) in [5, 5.41) is 11.2. The number of Topliss-reactive ketones (excluding diaryl/α,β-unsaturated/α-hetero) is 1. The minimum atomic E-state index is -0.311. The van der Waals surface area contributed by atoms with Gasteiger partial charge in [0.15, 0.2) is 10.9 Å². The third-order valence-corrected chi connectivity index (χ3v) is 5.32. The summed E-state index contributed by atoms with van der Waals surface area (Å²) in [4.78, 5) is 24.1. The van der Waals surface area contributed by atoms with E-state index in [4.69, 9.17) is 0 Å². The van der Waals surface area contributed by atoms with Crippen LogP contribution in [0.4, 0.5) is 5.69 Å². The Morgan fingerprint density at radius 2 is 1.93 bits per heavy atom. The number of aryl methyl sites for hydroxylation is 1. The third-order valence-electron chi connectivity index (χ3n) is 4.26. The maximum Gasteiger partial charge on any atom is 0.221 e. The van der Waals surface area contributed by atoms with Gasteiger partial charge in [0, 0.05) is 18.2 Å². The summed E-state index contributed by atoms with van der Waals surface area (Å²) in [6.45, 7) is 5.42. The molecule has 1 heterocycles. The van der Waals surface area contributed by atoms with Gasteiger partial charge in [-0.15, -0.1) is 10.2 Å². The summed E-state index contributed by atoms with van der Waals surface area (Å²) in [6.07, 6.45) is 2.54. The lowest BCUT2D eigenvalue weighted by Crippen LogP contribution is -2.14. The van der Waals surface area contributed by atoms with Crippen molar-refractivity contribution in [2.75, 3.05) is 5.32 Å². The lowest BCUT2D eigenvalue weighted by atomic mass is 10.1. The molecular formula is C21H22N4O2S. The first-order chi connectivity index (χ1) is 13.5. The van der Waals surface area contributed by atoms with Crippen molar-refractivity contribution in [1.29, 1.82) is 0 Å². The van der Waals surface area contributed by atoms with Crippen LogP contribution in [0.2, 0.25) is 0 Å². The van der Waals surface area contributed by atoms with E-state index in [-0.39, 0.29) is 16.9 Å². The number of carbonyl (C=O) groups excluding carboxylic acids is 2. The zero-order valence-corrected chi connectivity index (χ0v) is 16.9. The summed E-state index contributed by atoms with van der Waals surface area (Å²) in [5.41, 5.74) is 3.40. The maximum atomic E-state index is 12.8. The van der Waals surface area contributed by atoms with Crippen LogP contribution in [0.1, 0.15) is 36.7 Å². The molecule has 0 spiro atoms. The van der Waals surface area contributed by atoms with Crippen molar-refractivity contribution in [2.24, 2.45) is 0 Å². The Labute approximate surface area is 168 Å². The Morgan fingerprint density at radius 1 is 1.18 bits per heavy atom. The van der Waals surface area contributed by atoms with E-state index >= 15 is 0 Å². The lowest BCUT2D eigenvalue weighted by molar-refractivity contribution is -0.114. The SMILES string of the molecule is CCc1ccc(C(=O)C(C)Sc2nncn2-c2cccc(NC(C)=O)c2)cc1. The predicted molar refractivity (Wildman–Crippen MR) is 111 cm³/mol. The average Bonchev–Trinajstić information content (AvgIpc) is 3.15. The smallest absolute Gasteiger partial charge is 0.221 e. The Hall–Kier alpha value is -2.93. The van der Waals surface area contributed by atoms with Crippen LogP contribution in [0.5, 0.6) is 0 Å². The summed E-state index contributed by atoms with van der Waals surface area (Å²) in [6, 6.07) is 15.1. The Kier molecular flexibility index (Phi) is 6.26. The minimum absolute atomic E-state index is 0.0502. The average molecular weight is 395 g/mol. The molecule has 0 bridgehead atoms. The van der Waals surface area contributed by atoms with Crippen molar-refractivity contribution in [3.05, 3.63) is 66.0 Å². The molecule has 7 heteroatoms. The largest absolute Gasteiger partial charge is 0.326 e. The Bertz CT molecular complexity index is 982. The number of hydrogen-bond donors (Lipinski definition) is 1. The van der Waals surface area contributed by atoms with Gasteiger partial charge >= 0.3 is 0 Å². The van der Waals surface area contributed by atoms with Gasteiger partial charge < -0.3 is 5.32 Å². The van der Waals surface area contributed by atoms with Crippen LogP contribution < -0.4 is 5.32 Å². The number of anilines is 1. The summed E-state index contributed by atoms with van der Waals surface area (Å²) < 4.78 is 1.81. The zero-order chi connectivity index (χ0) is 20.1. The second-order valence-electron chi connectivity index (χ2n) is 6.39. The number of nitrogens with zero attached hydrogens (tertiary/aromatic N) is 3. The Balaban J connectivity index is 1.78. The van der Waals surface area contributed by atoms with E-state index < -0.39 is 0 Å². The Morgan fingerprint density at radius 3 is 2.61 bits per heavy atom. The van der Waals surface area contributed by atoms with Crippen molar-refractivity contribution in [3.8, 4) is 5.69 Å². The van der Waals surface area contributed by atoms with Gasteiger partial charge in [-0.1, -0.05) is 49.0 Å². The summed E-state index contributed by atoms with van der Waals surface area (Å²) >= 11 is 1.36. The molecule has 1 N–H and O–H groups in total. The van der Waals surface area contributed by atoms with Gasteiger partial charge in [0.25, 0.3) is 0 Å². The van der Waals surface area contributed by atoms with Gasteiger partial charge in [-0.2, -0.15) is 0 Å². The quantitative estimate of drug-likeness (QED) is 0.481. The van der Waals surface area contributed by atoms with E-state index in [0.717, 1.165) is 12.1 Å². The summed E-state index contributed by atoms with van der Waals surface area (Å²) in [7, 11) is 0. The maximum absolute atomic E-state index is 12.8. The van der Waals surface area contributed by atoms with Gasteiger partial charge in [0.2, 0.25) is 5.91 Å². The molecule has 0 radical (unpaired) electrons. The highest BCUT2D eigenvalue weighted by atomic mass is 32.2. The number of ketones is 1. The standard InChI is InChI=1S/C21H22N4O2S/c1-4-16-8-10-17(11-9-16)20(27)14(2)28-21-24-22-13-25(21)19-7-5-6-18(12-19)23-15(3)26/h5-14H,4H2,1-3H3,(H,23,26). The molecule has 144 valence electrons. The molecule has 0 fully saturated rings. The van der Waals surface area contributed by atoms with Crippen LogP contribution in [0, 0.1) is 0 Å². The van der Waals surface area contributed by atoms with Crippen LogP contribution in [0.15, 0.2) is 60.0 Å². The number of carbonyl (C=O) groups is 2. The molecule has 0 aliphatic rings. The second-order valence-corrected chi connectivity index (χ2v) is 7.70. The molecule has 28 heavy (non-hydrogen) atoms. The highest BCUT2D eigenvalue weighted by molar-refractivity contribution is 8.00. The van der Waals surface area contributed by atoms with Gasteiger partial charge in [0.05, 0.1) is 10.9 Å². The van der Waals surface area contributed by atoms with Crippen LogP contribution in [0.3, 0.4) is 0 Å². The van der Waals surface area contributed by atoms with Crippen molar-refractivity contribution < 1.29 is 9.59 Å². The predicted octanol–water partition coefficient (Wildman–Crippen LogP) is 4.15. The van der Waals surface area contributed by atoms with Gasteiger partial charge in [-0.05, 0) is 37.1 Å². The number of hydrogen-bond acceptors (Lipinski definition) is 5. The van der Waals surface area contributed by atoms with E-state index in [0.29, 0.717) is 16.4 Å². The van der Waals surface area contributed by atoms with E-state index in [2.05, 4.69) is 22.4 Å². The number of benzene rings is 2. The number of amides is 1. The van der Waals surface area contributed by atoms with Crippen LogP contribution >= 0.6 is 11.8 Å².